The molecule has 1 heterocycles. The fourth-order valence-corrected chi connectivity index (χ4v) is 4.07. The quantitative estimate of drug-likeness (QED) is 0.807. The maximum atomic E-state index is 12.4. The average Bonchev–Trinajstić information content (AvgIpc) is 2.72. The van der Waals surface area contributed by atoms with Gasteiger partial charge in [-0.25, -0.2) is 0 Å². The van der Waals surface area contributed by atoms with Gasteiger partial charge in [0.1, 0.15) is 6.04 Å². The summed E-state index contributed by atoms with van der Waals surface area (Å²) in [5, 5.41) is 3.40. The molecule has 1 aliphatic heterocycles. The van der Waals surface area contributed by atoms with Crippen molar-refractivity contribution in [2.75, 3.05) is 33.7 Å². The first-order valence-corrected chi connectivity index (χ1v) is 8.81. The third kappa shape index (κ3) is 4.43. The van der Waals surface area contributed by atoms with Crippen LogP contribution in [0.25, 0.3) is 0 Å². The van der Waals surface area contributed by atoms with Crippen LogP contribution in [0.5, 0.6) is 0 Å². The number of likely N-dealkylation sites (N-methyl/N-ethyl adjacent to an activating group) is 1. The Morgan fingerprint density at radius 1 is 1.24 bits per heavy atom. The Morgan fingerprint density at radius 2 is 2.05 bits per heavy atom. The maximum Gasteiger partial charge on any atom is 0.240 e. The van der Waals surface area contributed by atoms with Crippen molar-refractivity contribution in [3.8, 4) is 0 Å². The number of nitrogens with one attached hydrogen (secondary N) is 1. The molecule has 0 radical (unpaired) electrons. The van der Waals surface area contributed by atoms with Crippen LogP contribution in [-0.2, 0) is 4.79 Å². The Hall–Kier alpha value is -0.610. The number of carbonyl (C=O) groups excluding carboxylic acids is 1. The minimum absolute atomic E-state index is 0.0430. The van der Waals surface area contributed by atoms with Gasteiger partial charge in [-0.2, -0.15) is 0 Å². The van der Waals surface area contributed by atoms with Gasteiger partial charge in [-0.3, -0.25) is 9.69 Å². The minimum Gasteiger partial charge on any atom is -0.347 e. The van der Waals surface area contributed by atoms with Gasteiger partial charge in [-0.15, -0.1) is 0 Å². The molecule has 2 rings (SSSR count). The molecule has 0 spiro atoms. The lowest BCUT2D eigenvalue weighted by Crippen LogP contribution is -2.60. The van der Waals surface area contributed by atoms with Gasteiger partial charge in [0, 0.05) is 39.8 Å². The SMILES string of the molecule is CCCC1CCCC(N2CCNCC2C(=O)N(C)C)CC1. The Labute approximate surface area is 130 Å². The zero-order chi connectivity index (χ0) is 15.2. The third-order valence-corrected chi connectivity index (χ3v) is 5.23. The van der Waals surface area contributed by atoms with E-state index in [-0.39, 0.29) is 11.9 Å². The van der Waals surface area contributed by atoms with E-state index in [1.807, 2.05) is 14.1 Å². The summed E-state index contributed by atoms with van der Waals surface area (Å²) in [6.45, 7) is 5.15. The lowest BCUT2D eigenvalue weighted by molar-refractivity contribution is -0.136. The largest absolute Gasteiger partial charge is 0.347 e. The van der Waals surface area contributed by atoms with E-state index in [1.165, 1.54) is 44.9 Å². The van der Waals surface area contributed by atoms with Crippen LogP contribution in [0.15, 0.2) is 0 Å². The van der Waals surface area contributed by atoms with Crippen molar-refractivity contribution in [2.45, 2.75) is 64.0 Å². The second kappa shape index (κ2) is 8.14. The number of hydrogen-bond donors (Lipinski definition) is 1. The van der Waals surface area contributed by atoms with Crippen LogP contribution in [0.3, 0.4) is 0 Å². The van der Waals surface area contributed by atoms with Crippen molar-refractivity contribution in [1.29, 1.82) is 0 Å². The molecule has 1 saturated heterocycles. The van der Waals surface area contributed by atoms with Crippen LogP contribution in [0, 0.1) is 5.92 Å². The van der Waals surface area contributed by atoms with Crippen LogP contribution < -0.4 is 5.32 Å². The molecule has 122 valence electrons. The topological polar surface area (TPSA) is 35.6 Å². The van der Waals surface area contributed by atoms with Crippen molar-refractivity contribution in [1.82, 2.24) is 15.1 Å². The van der Waals surface area contributed by atoms with Gasteiger partial charge in [0.2, 0.25) is 5.91 Å². The summed E-state index contributed by atoms with van der Waals surface area (Å²) in [4.78, 5) is 16.7. The van der Waals surface area contributed by atoms with E-state index < -0.39 is 0 Å². The number of nitrogens with zero attached hydrogens (tertiary/aromatic N) is 2. The van der Waals surface area contributed by atoms with E-state index in [4.69, 9.17) is 0 Å². The molecule has 0 bridgehead atoms. The van der Waals surface area contributed by atoms with Crippen LogP contribution in [0.4, 0.5) is 0 Å². The molecular weight excluding hydrogens is 262 g/mol. The Morgan fingerprint density at radius 3 is 2.76 bits per heavy atom. The fraction of sp³-hybridized carbons (Fsp3) is 0.941. The predicted molar refractivity (Wildman–Crippen MR) is 87.3 cm³/mol. The second-order valence-corrected chi connectivity index (χ2v) is 7.01. The minimum atomic E-state index is 0.0430. The first-order valence-electron chi connectivity index (χ1n) is 8.81. The van der Waals surface area contributed by atoms with Gasteiger partial charge in [0.05, 0.1) is 0 Å². The van der Waals surface area contributed by atoms with Crippen LogP contribution in [0.1, 0.15) is 51.9 Å². The summed E-state index contributed by atoms with van der Waals surface area (Å²) in [7, 11) is 3.75. The van der Waals surface area contributed by atoms with Crippen molar-refractivity contribution < 1.29 is 4.79 Å². The standard InChI is InChI=1S/C17H33N3O/c1-4-6-14-7-5-8-15(10-9-14)20-12-11-18-13-16(20)17(21)19(2)3/h14-16,18H,4-13H2,1-3H3. The fourth-order valence-electron chi connectivity index (χ4n) is 4.07. The molecule has 21 heavy (non-hydrogen) atoms. The van der Waals surface area contributed by atoms with Crippen molar-refractivity contribution in [2.24, 2.45) is 5.92 Å². The zero-order valence-corrected chi connectivity index (χ0v) is 14.1. The van der Waals surface area contributed by atoms with Crippen molar-refractivity contribution in [3.05, 3.63) is 0 Å². The van der Waals surface area contributed by atoms with E-state index >= 15 is 0 Å². The number of hydrogen-bond acceptors (Lipinski definition) is 3. The highest BCUT2D eigenvalue weighted by Crippen LogP contribution is 2.30. The molecule has 2 fully saturated rings. The highest BCUT2D eigenvalue weighted by atomic mass is 16.2. The van der Waals surface area contributed by atoms with E-state index in [0.29, 0.717) is 6.04 Å². The first-order chi connectivity index (χ1) is 10.1. The molecule has 4 heteroatoms. The smallest absolute Gasteiger partial charge is 0.240 e. The summed E-state index contributed by atoms with van der Waals surface area (Å²) in [6.07, 6.45) is 9.33. The summed E-state index contributed by atoms with van der Waals surface area (Å²) in [6, 6.07) is 0.657. The summed E-state index contributed by atoms with van der Waals surface area (Å²) < 4.78 is 0. The monoisotopic (exact) mass is 295 g/mol. The van der Waals surface area contributed by atoms with Crippen molar-refractivity contribution in [3.63, 3.8) is 0 Å². The number of amides is 1. The Balaban J connectivity index is 1.98. The molecule has 1 N–H and O–H groups in total. The van der Waals surface area contributed by atoms with Crippen LogP contribution in [0.2, 0.25) is 0 Å². The number of carbonyl (C=O) groups is 1. The highest BCUT2D eigenvalue weighted by Gasteiger charge is 2.35. The molecule has 1 aliphatic carbocycles. The lowest BCUT2D eigenvalue weighted by Gasteiger charge is -2.41. The van der Waals surface area contributed by atoms with E-state index in [1.54, 1.807) is 4.90 Å². The molecule has 4 nitrogen and oxygen atoms in total. The highest BCUT2D eigenvalue weighted by molar-refractivity contribution is 5.81. The Bertz CT molecular complexity index is 332. The van der Waals surface area contributed by atoms with Gasteiger partial charge >= 0.3 is 0 Å². The van der Waals surface area contributed by atoms with Crippen molar-refractivity contribution >= 4 is 5.91 Å². The summed E-state index contributed by atoms with van der Waals surface area (Å²) >= 11 is 0. The second-order valence-electron chi connectivity index (χ2n) is 7.01. The molecular formula is C17H33N3O. The molecule has 1 amide bonds. The first kappa shape index (κ1) is 16.8. The molecule has 0 aromatic heterocycles. The third-order valence-electron chi connectivity index (χ3n) is 5.23. The van der Waals surface area contributed by atoms with Gasteiger partial charge in [-0.1, -0.05) is 32.6 Å². The maximum absolute atomic E-state index is 12.4. The molecule has 3 unspecified atom stereocenters. The zero-order valence-electron chi connectivity index (χ0n) is 14.1. The number of rotatable bonds is 4. The normalized spacial score (nSPS) is 31.7. The van der Waals surface area contributed by atoms with Gasteiger partial charge < -0.3 is 10.2 Å². The average molecular weight is 295 g/mol. The molecule has 3 atom stereocenters. The Kier molecular flexibility index (Phi) is 6.49. The summed E-state index contributed by atoms with van der Waals surface area (Å²) in [5.74, 6) is 1.18. The molecule has 0 aromatic rings. The number of piperazine rings is 1. The van der Waals surface area contributed by atoms with E-state index in [9.17, 15) is 4.79 Å². The van der Waals surface area contributed by atoms with E-state index in [0.717, 1.165) is 25.6 Å². The molecule has 0 aromatic carbocycles. The van der Waals surface area contributed by atoms with Crippen LogP contribution >= 0.6 is 0 Å². The van der Waals surface area contributed by atoms with E-state index in [2.05, 4.69) is 17.1 Å². The molecule has 1 saturated carbocycles. The molecule has 2 aliphatic rings. The van der Waals surface area contributed by atoms with Gasteiger partial charge in [-0.05, 0) is 25.2 Å². The predicted octanol–water partition coefficient (Wildman–Crippen LogP) is 2.10. The van der Waals surface area contributed by atoms with Gasteiger partial charge in [0.25, 0.3) is 0 Å². The lowest BCUT2D eigenvalue weighted by atomic mass is 9.95. The van der Waals surface area contributed by atoms with Gasteiger partial charge in [0.15, 0.2) is 0 Å². The summed E-state index contributed by atoms with van der Waals surface area (Å²) in [5.41, 5.74) is 0. The van der Waals surface area contributed by atoms with Crippen LogP contribution in [-0.4, -0.2) is 61.5 Å².